The molecule has 0 spiro atoms. The van der Waals surface area contributed by atoms with Crippen LogP contribution in [-0.2, 0) is 0 Å². The predicted octanol–water partition coefficient (Wildman–Crippen LogP) is 4.20. The Balaban J connectivity index is 2.45. The lowest BCUT2D eigenvalue weighted by Gasteiger charge is -2.15. The first kappa shape index (κ1) is 17.3. The Kier molecular flexibility index (Phi) is 8.25. The number of unbranched alkanes of at least 4 members (excludes halogenated alkanes) is 1. The largest absolute Gasteiger partial charge is 0.490 e. The van der Waals surface area contributed by atoms with Crippen LogP contribution in [0, 0.1) is 5.92 Å². The summed E-state index contributed by atoms with van der Waals surface area (Å²) in [4.78, 5) is 12.1. The summed E-state index contributed by atoms with van der Waals surface area (Å²) in [6.45, 7) is 9.20. The summed E-state index contributed by atoms with van der Waals surface area (Å²) in [5.74, 6) is 1.31. The molecule has 0 unspecified atom stereocenters. The highest BCUT2D eigenvalue weighted by molar-refractivity contribution is 5.94. The van der Waals surface area contributed by atoms with Crippen molar-refractivity contribution in [1.29, 1.82) is 0 Å². The summed E-state index contributed by atoms with van der Waals surface area (Å²) in [5, 5.41) is 3.03. The third-order valence-corrected chi connectivity index (χ3v) is 3.58. The summed E-state index contributed by atoms with van der Waals surface area (Å²) in [6.07, 6.45) is 6.42. The van der Waals surface area contributed by atoms with Gasteiger partial charge in [0.05, 0.1) is 0 Å². The van der Waals surface area contributed by atoms with E-state index in [1.165, 1.54) is 19.3 Å². The van der Waals surface area contributed by atoms with Gasteiger partial charge in [0.2, 0.25) is 0 Å². The number of hydrogen-bond donors (Lipinski definition) is 1. The molecule has 1 aromatic rings. The molecule has 1 atom stereocenters. The van der Waals surface area contributed by atoms with Crippen molar-refractivity contribution in [3.63, 3.8) is 0 Å². The number of ether oxygens (including phenoxy) is 1. The Hall–Kier alpha value is -1.77. The number of carbonyl (C=O) groups is 1. The van der Waals surface area contributed by atoms with Crippen molar-refractivity contribution in [3.8, 4) is 5.75 Å². The molecule has 0 saturated carbocycles. The monoisotopic (exact) mass is 289 g/mol. The van der Waals surface area contributed by atoms with Crippen molar-refractivity contribution in [2.24, 2.45) is 5.92 Å². The van der Waals surface area contributed by atoms with Gasteiger partial charge in [-0.25, -0.2) is 0 Å². The van der Waals surface area contributed by atoms with Gasteiger partial charge in [0.1, 0.15) is 12.4 Å². The second-order valence-electron chi connectivity index (χ2n) is 5.25. The van der Waals surface area contributed by atoms with Gasteiger partial charge >= 0.3 is 0 Å². The number of benzene rings is 1. The van der Waals surface area contributed by atoms with Crippen LogP contribution in [0.4, 0.5) is 0 Å². The second kappa shape index (κ2) is 10.0. The van der Waals surface area contributed by atoms with Gasteiger partial charge in [-0.2, -0.15) is 0 Å². The Morgan fingerprint density at radius 3 is 2.62 bits per heavy atom. The van der Waals surface area contributed by atoms with Crippen molar-refractivity contribution >= 4 is 5.91 Å². The zero-order chi connectivity index (χ0) is 15.5. The van der Waals surface area contributed by atoms with Gasteiger partial charge in [-0.3, -0.25) is 4.79 Å². The normalized spacial score (nSPS) is 11.7. The highest BCUT2D eigenvalue weighted by atomic mass is 16.5. The van der Waals surface area contributed by atoms with Gasteiger partial charge < -0.3 is 10.1 Å². The van der Waals surface area contributed by atoms with Crippen LogP contribution in [0.2, 0.25) is 0 Å². The van der Waals surface area contributed by atoms with Crippen molar-refractivity contribution < 1.29 is 9.53 Å². The fourth-order valence-corrected chi connectivity index (χ4v) is 2.14. The quantitative estimate of drug-likeness (QED) is 0.656. The van der Waals surface area contributed by atoms with E-state index in [1.807, 2.05) is 12.1 Å². The SMILES string of the molecule is C=CCOc1ccc(C(=O)NC[C@@H](CC)CCCC)cc1. The lowest BCUT2D eigenvalue weighted by Crippen LogP contribution is -2.29. The smallest absolute Gasteiger partial charge is 0.251 e. The zero-order valence-electron chi connectivity index (χ0n) is 13.2. The highest BCUT2D eigenvalue weighted by Crippen LogP contribution is 2.14. The van der Waals surface area contributed by atoms with Crippen molar-refractivity contribution in [1.82, 2.24) is 5.32 Å². The summed E-state index contributed by atoms with van der Waals surface area (Å²) in [7, 11) is 0. The van der Waals surface area contributed by atoms with Crippen molar-refractivity contribution in [3.05, 3.63) is 42.5 Å². The van der Waals surface area contributed by atoms with Gasteiger partial charge in [0.25, 0.3) is 5.91 Å². The Morgan fingerprint density at radius 1 is 1.33 bits per heavy atom. The summed E-state index contributed by atoms with van der Waals surface area (Å²) < 4.78 is 5.40. The van der Waals surface area contributed by atoms with Crippen LogP contribution in [0.15, 0.2) is 36.9 Å². The average molecular weight is 289 g/mol. The fourth-order valence-electron chi connectivity index (χ4n) is 2.14. The minimum atomic E-state index is -0.0137. The molecule has 1 N–H and O–H groups in total. The van der Waals surface area contributed by atoms with E-state index >= 15 is 0 Å². The molecule has 0 aliphatic heterocycles. The number of rotatable bonds is 10. The molecule has 0 heterocycles. The molecule has 21 heavy (non-hydrogen) atoms. The molecule has 0 aliphatic rings. The first-order valence-corrected chi connectivity index (χ1v) is 7.83. The number of hydrogen-bond acceptors (Lipinski definition) is 2. The molecule has 3 heteroatoms. The number of carbonyl (C=O) groups excluding carboxylic acids is 1. The van der Waals surface area contributed by atoms with E-state index in [4.69, 9.17) is 4.74 Å². The van der Waals surface area contributed by atoms with Gasteiger partial charge in [-0.05, 0) is 36.6 Å². The van der Waals surface area contributed by atoms with Gasteiger partial charge in [0, 0.05) is 12.1 Å². The average Bonchev–Trinajstić information content (AvgIpc) is 2.53. The molecule has 0 fully saturated rings. The van der Waals surface area contributed by atoms with E-state index in [-0.39, 0.29) is 5.91 Å². The number of amides is 1. The van der Waals surface area contributed by atoms with E-state index in [9.17, 15) is 4.79 Å². The predicted molar refractivity (Wildman–Crippen MR) is 87.8 cm³/mol. The summed E-state index contributed by atoms with van der Waals surface area (Å²) >= 11 is 0. The Labute approximate surface area is 128 Å². The van der Waals surface area contributed by atoms with E-state index in [0.717, 1.165) is 18.7 Å². The molecule has 3 nitrogen and oxygen atoms in total. The summed E-state index contributed by atoms with van der Waals surface area (Å²) in [6, 6.07) is 7.21. The van der Waals surface area contributed by atoms with Crippen LogP contribution < -0.4 is 10.1 Å². The van der Waals surface area contributed by atoms with Crippen LogP contribution in [0.5, 0.6) is 5.75 Å². The van der Waals surface area contributed by atoms with E-state index in [0.29, 0.717) is 18.1 Å². The first-order chi connectivity index (χ1) is 10.2. The molecule has 1 rings (SSSR count). The van der Waals surface area contributed by atoms with Gasteiger partial charge in [0.15, 0.2) is 0 Å². The van der Waals surface area contributed by atoms with E-state index < -0.39 is 0 Å². The minimum absolute atomic E-state index is 0.0137. The van der Waals surface area contributed by atoms with E-state index in [2.05, 4.69) is 25.7 Å². The van der Waals surface area contributed by atoms with Crippen LogP contribution in [0.25, 0.3) is 0 Å². The van der Waals surface area contributed by atoms with Crippen molar-refractivity contribution in [2.75, 3.05) is 13.2 Å². The standard InChI is InChI=1S/C18H27NO2/c1-4-7-8-15(6-3)14-19-18(20)16-9-11-17(12-10-16)21-13-5-2/h5,9-12,15H,2,4,6-8,13-14H2,1,3H3,(H,19,20)/t15-/m0/s1. The van der Waals surface area contributed by atoms with Gasteiger partial charge in [-0.1, -0.05) is 45.8 Å². The van der Waals surface area contributed by atoms with Crippen LogP contribution in [0.1, 0.15) is 49.9 Å². The van der Waals surface area contributed by atoms with Gasteiger partial charge in [-0.15, -0.1) is 0 Å². The molecule has 116 valence electrons. The fraction of sp³-hybridized carbons (Fsp3) is 0.500. The molecule has 0 saturated heterocycles. The molecule has 0 aliphatic carbocycles. The second-order valence-corrected chi connectivity index (χ2v) is 5.25. The highest BCUT2D eigenvalue weighted by Gasteiger charge is 2.10. The lowest BCUT2D eigenvalue weighted by atomic mass is 9.99. The number of nitrogens with one attached hydrogen (secondary N) is 1. The molecule has 1 amide bonds. The van der Waals surface area contributed by atoms with Crippen LogP contribution >= 0.6 is 0 Å². The maximum Gasteiger partial charge on any atom is 0.251 e. The third kappa shape index (κ3) is 6.48. The van der Waals surface area contributed by atoms with E-state index in [1.54, 1.807) is 18.2 Å². The zero-order valence-corrected chi connectivity index (χ0v) is 13.2. The first-order valence-electron chi connectivity index (χ1n) is 7.83. The maximum atomic E-state index is 12.1. The molecule has 0 radical (unpaired) electrons. The van der Waals surface area contributed by atoms with Crippen LogP contribution in [-0.4, -0.2) is 19.1 Å². The summed E-state index contributed by atoms with van der Waals surface area (Å²) in [5.41, 5.74) is 0.672. The molecule has 1 aromatic carbocycles. The molecular weight excluding hydrogens is 262 g/mol. The topological polar surface area (TPSA) is 38.3 Å². The maximum absolute atomic E-state index is 12.1. The van der Waals surface area contributed by atoms with Crippen LogP contribution in [0.3, 0.4) is 0 Å². The third-order valence-electron chi connectivity index (χ3n) is 3.58. The molecule has 0 aromatic heterocycles. The Morgan fingerprint density at radius 2 is 2.05 bits per heavy atom. The molecular formula is C18H27NO2. The minimum Gasteiger partial charge on any atom is -0.490 e. The molecule has 0 bridgehead atoms. The lowest BCUT2D eigenvalue weighted by molar-refractivity contribution is 0.0946. The van der Waals surface area contributed by atoms with Crippen molar-refractivity contribution in [2.45, 2.75) is 39.5 Å². The Bertz CT molecular complexity index is 425.